The molecule has 1 aliphatic heterocycles. The number of hydrogen-bond donors (Lipinski definition) is 0. The van der Waals surface area contributed by atoms with Gasteiger partial charge >= 0.3 is 0 Å². The summed E-state index contributed by atoms with van der Waals surface area (Å²) >= 11 is 0. The minimum atomic E-state index is 0.179. The maximum Gasteiger partial charge on any atom is 0.219 e. The van der Waals surface area contributed by atoms with Crippen LogP contribution in [-0.4, -0.2) is 23.9 Å². The summed E-state index contributed by atoms with van der Waals surface area (Å²) in [6.07, 6.45) is 2.00. The number of rotatable bonds is 1. The summed E-state index contributed by atoms with van der Waals surface area (Å²) in [7, 11) is 0. The van der Waals surface area contributed by atoms with E-state index in [-0.39, 0.29) is 5.91 Å². The van der Waals surface area contributed by atoms with Crippen LogP contribution in [0.15, 0.2) is 34.7 Å². The lowest BCUT2D eigenvalue weighted by atomic mass is 9.94. The van der Waals surface area contributed by atoms with E-state index in [4.69, 9.17) is 4.42 Å². The Morgan fingerprint density at radius 2 is 2.00 bits per heavy atom. The molecule has 0 bridgehead atoms. The molecule has 0 saturated carbocycles. The van der Waals surface area contributed by atoms with Crippen molar-refractivity contribution in [2.45, 2.75) is 25.7 Å². The molecule has 1 amide bonds. The van der Waals surface area contributed by atoms with Gasteiger partial charge in [-0.2, -0.15) is 0 Å². The number of piperidine rings is 1. The number of para-hydroxylation sites is 1. The fourth-order valence-electron chi connectivity index (χ4n) is 2.68. The Kier molecular flexibility index (Phi) is 2.82. The highest BCUT2D eigenvalue weighted by Gasteiger charge is 2.24. The first kappa shape index (κ1) is 11.3. The largest absolute Gasteiger partial charge is 0.461 e. The molecule has 0 N–H and O–H groups in total. The molecule has 1 saturated heterocycles. The maximum atomic E-state index is 11.3. The number of nitrogens with zero attached hydrogens (tertiary/aromatic N) is 1. The second-order valence-electron chi connectivity index (χ2n) is 4.97. The van der Waals surface area contributed by atoms with Gasteiger partial charge in [-0.15, -0.1) is 0 Å². The van der Waals surface area contributed by atoms with E-state index in [9.17, 15) is 4.79 Å². The van der Waals surface area contributed by atoms with Gasteiger partial charge in [0.15, 0.2) is 0 Å². The molecule has 2 heterocycles. The maximum absolute atomic E-state index is 11.3. The van der Waals surface area contributed by atoms with Gasteiger partial charge in [0.1, 0.15) is 11.3 Å². The van der Waals surface area contributed by atoms with Gasteiger partial charge in [0, 0.05) is 31.3 Å². The summed E-state index contributed by atoms with van der Waals surface area (Å²) in [5.41, 5.74) is 0.960. The number of likely N-dealkylation sites (tertiary alicyclic amines) is 1. The third-order valence-corrected chi connectivity index (χ3v) is 3.79. The standard InChI is InChI=1S/C15H17NO2/c1-11(17)16-8-6-12(7-9-16)15-10-13-4-2-3-5-14(13)18-15/h2-5,10,12H,6-9H2,1H3. The first-order chi connectivity index (χ1) is 8.74. The van der Waals surface area contributed by atoms with Gasteiger partial charge < -0.3 is 9.32 Å². The second-order valence-corrected chi connectivity index (χ2v) is 4.97. The van der Waals surface area contributed by atoms with E-state index in [1.807, 2.05) is 23.1 Å². The van der Waals surface area contributed by atoms with Crippen molar-refractivity contribution in [1.29, 1.82) is 0 Å². The van der Waals surface area contributed by atoms with Crippen molar-refractivity contribution in [3.05, 3.63) is 36.1 Å². The highest BCUT2D eigenvalue weighted by atomic mass is 16.3. The summed E-state index contributed by atoms with van der Waals surface area (Å²) in [6, 6.07) is 10.2. The Labute approximate surface area is 106 Å². The van der Waals surface area contributed by atoms with Crippen LogP contribution in [0.2, 0.25) is 0 Å². The van der Waals surface area contributed by atoms with E-state index in [2.05, 4.69) is 12.1 Å². The van der Waals surface area contributed by atoms with Crippen molar-refractivity contribution in [2.75, 3.05) is 13.1 Å². The fraction of sp³-hybridized carbons (Fsp3) is 0.400. The first-order valence-electron chi connectivity index (χ1n) is 6.48. The third kappa shape index (κ3) is 2.01. The molecule has 3 heteroatoms. The van der Waals surface area contributed by atoms with E-state index >= 15 is 0 Å². The van der Waals surface area contributed by atoms with Crippen molar-refractivity contribution in [3.63, 3.8) is 0 Å². The number of benzene rings is 1. The van der Waals surface area contributed by atoms with Crippen molar-refractivity contribution >= 4 is 16.9 Å². The highest BCUT2D eigenvalue weighted by Crippen LogP contribution is 2.32. The Morgan fingerprint density at radius 1 is 1.28 bits per heavy atom. The summed E-state index contributed by atoms with van der Waals surface area (Å²) in [6.45, 7) is 3.33. The van der Waals surface area contributed by atoms with Crippen molar-refractivity contribution in [1.82, 2.24) is 4.90 Å². The smallest absolute Gasteiger partial charge is 0.219 e. The molecule has 1 aromatic heterocycles. The zero-order valence-electron chi connectivity index (χ0n) is 10.6. The average Bonchev–Trinajstić information content (AvgIpc) is 2.82. The molecule has 0 unspecified atom stereocenters. The highest BCUT2D eigenvalue weighted by molar-refractivity contribution is 5.77. The molecule has 2 aromatic rings. The molecule has 3 rings (SSSR count). The quantitative estimate of drug-likeness (QED) is 0.770. The number of hydrogen-bond acceptors (Lipinski definition) is 2. The predicted octanol–water partition coefficient (Wildman–Crippen LogP) is 3.16. The number of fused-ring (bicyclic) bond motifs is 1. The van der Waals surface area contributed by atoms with E-state index in [0.717, 1.165) is 37.3 Å². The zero-order chi connectivity index (χ0) is 12.5. The number of amides is 1. The van der Waals surface area contributed by atoms with Gasteiger partial charge in [0.2, 0.25) is 5.91 Å². The lowest BCUT2D eigenvalue weighted by Crippen LogP contribution is -2.36. The molecule has 1 fully saturated rings. The number of carbonyl (C=O) groups is 1. The van der Waals surface area contributed by atoms with Crippen LogP contribution in [0, 0.1) is 0 Å². The van der Waals surface area contributed by atoms with Gasteiger partial charge in [0.25, 0.3) is 0 Å². The molecule has 94 valence electrons. The molecular formula is C15H17NO2. The van der Waals surface area contributed by atoms with Gasteiger partial charge in [-0.25, -0.2) is 0 Å². The molecule has 0 atom stereocenters. The number of furan rings is 1. The molecule has 18 heavy (non-hydrogen) atoms. The van der Waals surface area contributed by atoms with Crippen LogP contribution in [0.3, 0.4) is 0 Å². The molecule has 0 spiro atoms. The summed E-state index contributed by atoms with van der Waals surface area (Å²) in [4.78, 5) is 13.2. The molecule has 0 radical (unpaired) electrons. The van der Waals surface area contributed by atoms with Crippen LogP contribution < -0.4 is 0 Å². The van der Waals surface area contributed by atoms with E-state index in [0.29, 0.717) is 5.92 Å². The zero-order valence-corrected chi connectivity index (χ0v) is 10.6. The predicted molar refractivity (Wildman–Crippen MR) is 70.4 cm³/mol. The van der Waals surface area contributed by atoms with Gasteiger partial charge in [0.05, 0.1) is 0 Å². The third-order valence-electron chi connectivity index (χ3n) is 3.79. The summed E-state index contributed by atoms with van der Waals surface area (Å²) in [5.74, 6) is 1.70. The molecule has 3 nitrogen and oxygen atoms in total. The lowest BCUT2D eigenvalue weighted by molar-refractivity contribution is -0.129. The molecule has 1 aromatic carbocycles. The molecule has 1 aliphatic rings. The monoisotopic (exact) mass is 243 g/mol. The number of carbonyl (C=O) groups excluding carboxylic acids is 1. The topological polar surface area (TPSA) is 33.5 Å². The van der Waals surface area contributed by atoms with Gasteiger partial charge in [-0.1, -0.05) is 18.2 Å². The van der Waals surface area contributed by atoms with Crippen LogP contribution in [0.5, 0.6) is 0 Å². The van der Waals surface area contributed by atoms with Gasteiger partial charge in [-0.3, -0.25) is 4.79 Å². The minimum absolute atomic E-state index is 0.179. The second kappa shape index (κ2) is 4.48. The fourth-order valence-corrected chi connectivity index (χ4v) is 2.68. The first-order valence-corrected chi connectivity index (χ1v) is 6.48. The van der Waals surface area contributed by atoms with E-state index in [1.165, 1.54) is 5.39 Å². The molecular weight excluding hydrogens is 226 g/mol. The Bertz CT molecular complexity index is 532. The van der Waals surface area contributed by atoms with E-state index in [1.54, 1.807) is 6.92 Å². The van der Waals surface area contributed by atoms with Crippen molar-refractivity contribution < 1.29 is 9.21 Å². The van der Waals surface area contributed by atoms with Crippen LogP contribution in [0.25, 0.3) is 11.0 Å². The Morgan fingerprint density at radius 3 is 2.67 bits per heavy atom. The summed E-state index contributed by atoms with van der Waals surface area (Å²) in [5, 5.41) is 1.17. The normalized spacial score (nSPS) is 17.3. The van der Waals surface area contributed by atoms with E-state index < -0.39 is 0 Å². The Hall–Kier alpha value is -1.77. The van der Waals surface area contributed by atoms with Crippen molar-refractivity contribution in [2.24, 2.45) is 0 Å². The van der Waals surface area contributed by atoms with Gasteiger partial charge in [-0.05, 0) is 25.0 Å². The molecule has 0 aliphatic carbocycles. The lowest BCUT2D eigenvalue weighted by Gasteiger charge is -2.30. The van der Waals surface area contributed by atoms with Crippen LogP contribution in [0.4, 0.5) is 0 Å². The summed E-state index contributed by atoms with van der Waals surface area (Å²) < 4.78 is 5.90. The van der Waals surface area contributed by atoms with Crippen LogP contribution >= 0.6 is 0 Å². The van der Waals surface area contributed by atoms with Crippen LogP contribution in [-0.2, 0) is 4.79 Å². The average molecular weight is 243 g/mol. The Balaban J connectivity index is 1.78. The van der Waals surface area contributed by atoms with Crippen LogP contribution in [0.1, 0.15) is 31.4 Å². The minimum Gasteiger partial charge on any atom is -0.461 e. The SMILES string of the molecule is CC(=O)N1CCC(c2cc3ccccc3o2)CC1. The van der Waals surface area contributed by atoms with Crippen molar-refractivity contribution in [3.8, 4) is 0 Å².